The number of nitrogens with zero attached hydrogens (tertiary/aromatic N) is 1. The van der Waals surface area contributed by atoms with Gasteiger partial charge in [0, 0.05) is 31.9 Å². The number of nitrogens with one attached hydrogen (secondary N) is 1. The van der Waals surface area contributed by atoms with Crippen molar-refractivity contribution >= 4 is 38.0 Å². The Kier molecular flexibility index (Phi) is 6.41. The monoisotopic (exact) mass is 424 g/mol. The third kappa shape index (κ3) is 4.57. The molecule has 1 rings (SSSR count). The smallest absolute Gasteiger partial charge is 0.407 e. The quantitative estimate of drug-likeness (QED) is 0.327. The highest BCUT2D eigenvalue weighted by Crippen LogP contribution is 2.40. The van der Waals surface area contributed by atoms with Crippen molar-refractivity contribution in [1.82, 2.24) is 5.32 Å². The molecular weight excluding hydrogens is 412 g/mol. The number of alkyl halides is 2. The molecule has 0 spiro atoms. The van der Waals surface area contributed by atoms with E-state index in [0.29, 0.717) is 11.3 Å². The average molecular weight is 426 g/mol. The Hall–Kier alpha value is -1.35. The highest BCUT2D eigenvalue weighted by molar-refractivity contribution is 9.25. The van der Waals surface area contributed by atoms with Crippen molar-refractivity contribution in [1.29, 1.82) is 0 Å². The summed E-state index contributed by atoms with van der Waals surface area (Å²) in [5.41, 5.74) is 0.479. The van der Waals surface area contributed by atoms with Gasteiger partial charge in [-0.15, -0.1) is 0 Å². The summed E-state index contributed by atoms with van der Waals surface area (Å²) in [6, 6.07) is 5.59. The molecule has 0 aliphatic rings. The zero-order valence-electron chi connectivity index (χ0n) is 11.3. The van der Waals surface area contributed by atoms with Gasteiger partial charge >= 0.3 is 9.45 Å². The Bertz CT molecular complexity index is 524. The lowest BCUT2D eigenvalue weighted by Crippen LogP contribution is -2.43. The van der Waals surface area contributed by atoms with Gasteiger partial charge in [-0.05, 0) is 24.6 Å². The Morgan fingerprint density at radius 2 is 2.19 bits per heavy atom. The van der Waals surface area contributed by atoms with Gasteiger partial charge in [-0.3, -0.25) is 10.1 Å². The SMILES string of the molecule is CCOC(=O)NC(c1cccc(OC)c1)C(Br)(Br)[N+](=O)[O-]. The lowest BCUT2D eigenvalue weighted by molar-refractivity contribution is -0.509. The fourth-order valence-electron chi connectivity index (χ4n) is 1.59. The van der Waals surface area contributed by atoms with Crippen LogP contribution in [0.2, 0.25) is 0 Å². The first-order chi connectivity index (χ1) is 9.82. The van der Waals surface area contributed by atoms with Crippen LogP contribution >= 0.6 is 31.9 Å². The molecule has 0 fully saturated rings. The number of halogens is 2. The van der Waals surface area contributed by atoms with Gasteiger partial charge in [-0.25, -0.2) is 4.79 Å². The van der Waals surface area contributed by atoms with E-state index < -0.39 is 20.4 Å². The van der Waals surface area contributed by atoms with E-state index in [1.165, 1.54) is 7.11 Å². The van der Waals surface area contributed by atoms with E-state index in [9.17, 15) is 14.9 Å². The molecule has 1 atom stereocenters. The van der Waals surface area contributed by atoms with Crippen molar-refractivity contribution in [2.24, 2.45) is 0 Å². The Labute approximate surface area is 138 Å². The number of alkyl carbamates (subject to hydrolysis) is 1. The molecular formula is C12H14Br2N2O5. The first-order valence-electron chi connectivity index (χ1n) is 5.92. The number of hydrogen-bond acceptors (Lipinski definition) is 5. The standard InChI is InChI=1S/C12H14Br2N2O5/c1-3-21-11(17)15-10(12(13,14)16(18)19)8-5-4-6-9(7-8)20-2/h4-7,10H,3H2,1-2H3,(H,15,17). The van der Waals surface area contributed by atoms with Crippen LogP contribution < -0.4 is 10.1 Å². The third-order valence-electron chi connectivity index (χ3n) is 2.56. The van der Waals surface area contributed by atoms with Gasteiger partial charge in [0.05, 0.1) is 18.6 Å². The van der Waals surface area contributed by atoms with E-state index in [4.69, 9.17) is 9.47 Å². The zero-order valence-corrected chi connectivity index (χ0v) is 14.5. The number of carbonyl (C=O) groups is 1. The summed E-state index contributed by atoms with van der Waals surface area (Å²) >= 11 is 5.96. The molecule has 0 aliphatic carbocycles. The number of amides is 1. The fraction of sp³-hybridized carbons (Fsp3) is 0.417. The van der Waals surface area contributed by atoms with Crippen LogP contribution in [-0.2, 0) is 4.74 Å². The van der Waals surface area contributed by atoms with Crippen molar-refractivity contribution in [3.63, 3.8) is 0 Å². The van der Waals surface area contributed by atoms with Crippen LogP contribution in [0, 0.1) is 10.1 Å². The van der Waals surface area contributed by atoms with E-state index in [1.807, 2.05) is 0 Å². The van der Waals surface area contributed by atoms with E-state index in [-0.39, 0.29) is 6.61 Å². The molecule has 1 aromatic carbocycles. The minimum Gasteiger partial charge on any atom is -0.497 e. The van der Waals surface area contributed by atoms with Gasteiger partial charge in [0.25, 0.3) is 0 Å². The van der Waals surface area contributed by atoms with Crippen LogP contribution in [0.15, 0.2) is 24.3 Å². The predicted molar refractivity (Wildman–Crippen MR) is 83.5 cm³/mol. The average Bonchev–Trinajstić information content (AvgIpc) is 2.44. The largest absolute Gasteiger partial charge is 0.497 e. The summed E-state index contributed by atoms with van der Waals surface area (Å²) in [7, 11) is 1.48. The fourth-order valence-corrected chi connectivity index (χ4v) is 2.35. The Morgan fingerprint density at radius 3 is 2.71 bits per heavy atom. The number of methoxy groups -OCH3 is 1. The van der Waals surface area contributed by atoms with Gasteiger partial charge in [0.1, 0.15) is 11.8 Å². The maximum Gasteiger partial charge on any atom is 0.407 e. The maximum atomic E-state index is 11.6. The van der Waals surface area contributed by atoms with Crippen LogP contribution in [0.5, 0.6) is 5.75 Å². The van der Waals surface area contributed by atoms with Gasteiger partial charge in [-0.2, -0.15) is 0 Å². The number of carbonyl (C=O) groups excluding carboxylic acids is 1. The topological polar surface area (TPSA) is 90.7 Å². The molecule has 0 aromatic heterocycles. The van der Waals surface area contributed by atoms with Crippen LogP contribution in [-0.4, -0.2) is 28.1 Å². The summed E-state index contributed by atoms with van der Waals surface area (Å²) < 4.78 is 8.09. The van der Waals surface area contributed by atoms with E-state index >= 15 is 0 Å². The molecule has 1 aromatic rings. The highest BCUT2D eigenvalue weighted by atomic mass is 79.9. The van der Waals surface area contributed by atoms with Gasteiger partial charge in [0.15, 0.2) is 0 Å². The van der Waals surface area contributed by atoms with Crippen LogP contribution in [0.4, 0.5) is 4.79 Å². The first-order valence-corrected chi connectivity index (χ1v) is 7.51. The van der Waals surface area contributed by atoms with Crippen molar-refractivity contribution in [3.8, 4) is 5.75 Å². The molecule has 7 nitrogen and oxygen atoms in total. The van der Waals surface area contributed by atoms with Crippen LogP contribution in [0.1, 0.15) is 18.5 Å². The lowest BCUT2D eigenvalue weighted by Gasteiger charge is -2.24. The van der Waals surface area contributed by atoms with E-state index in [0.717, 1.165) is 0 Å². The summed E-state index contributed by atoms with van der Waals surface area (Å²) in [5.74, 6) is 0.516. The third-order valence-corrected chi connectivity index (χ3v) is 4.05. The molecule has 116 valence electrons. The second-order valence-corrected chi connectivity index (χ2v) is 7.40. The molecule has 0 saturated carbocycles. The molecule has 0 radical (unpaired) electrons. The van der Waals surface area contributed by atoms with Crippen molar-refractivity contribution < 1.29 is 19.2 Å². The van der Waals surface area contributed by atoms with Gasteiger partial charge in [-0.1, -0.05) is 12.1 Å². The highest BCUT2D eigenvalue weighted by Gasteiger charge is 2.48. The Morgan fingerprint density at radius 1 is 1.52 bits per heavy atom. The summed E-state index contributed by atoms with van der Waals surface area (Å²) in [6.07, 6.45) is -0.754. The number of rotatable bonds is 6. The molecule has 21 heavy (non-hydrogen) atoms. The summed E-state index contributed by atoms with van der Waals surface area (Å²) in [4.78, 5) is 22.2. The van der Waals surface area contributed by atoms with Gasteiger partial charge in [0.2, 0.25) is 0 Å². The molecule has 0 aliphatic heterocycles. The second-order valence-electron chi connectivity index (χ2n) is 3.92. The van der Waals surface area contributed by atoms with Crippen LogP contribution in [0.25, 0.3) is 0 Å². The summed E-state index contributed by atoms with van der Waals surface area (Å²) in [6.45, 7) is 1.80. The summed E-state index contributed by atoms with van der Waals surface area (Å²) in [5, 5.41) is 13.7. The van der Waals surface area contributed by atoms with E-state index in [1.54, 1.807) is 31.2 Å². The number of benzene rings is 1. The zero-order chi connectivity index (χ0) is 16.0. The minimum atomic E-state index is -1.78. The molecule has 1 amide bonds. The number of nitro groups is 1. The first kappa shape index (κ1) is 17.7. The predicted octanol–water partition coefficient (Wildman–Crippen LogP) is 3.20. The Balaban J connectivity index is 3.17. The van der Waals surface area contributed by atoms with Crippen molar-refractivity contribution in [2.75, 3.05) is 13.7 Å². The minimum absolute atomic E-state index is 0.159. The molecule has 1 unspecified atom stereocenters. The molecule has 0 heterocycles. The maximum absolute atomic E-state index is 11.6. The second kappa shape index (κ2) is 7.60. The van der Waals surface area contributed by atoms with Crippen molar-refractivity contribution in [2.45, 2.75) is 16.3 Å². The molecule has 0 saturated heterocycles. The van der Waals surface area contributed by atoms with E-state index in [2.05, 4.69) is 37.2 Å². The molecule has 0 bridgehead atoms. The lowest BCUT2D eigenvalue weighted by atomic mass is 10.1. The number of hydrogen-bond donors (Lipinski definition) is 1. The van der Waals surface area contributed by atoms with Gasteiger partial charge < -0.3 is 14.8 Å². The molecule has 1 N–H and O–H groups in total. The molecule has 9 heteroatoms. The van der Waals surface area contributed by atoms with Crippen LogP contribution in [0.3, 0.4) is 0 Å². The van der Waals surface area contributed by atoms with Crippen molar-refractivity contribution in [3.05, 3.63) is 39.9 Å². The number of ether oxygens (including phenoxy) is 2. The normalized spacial score (nSPS) is 12.4.